The van der Waals surface area contributed by atoms with Crippen LogP contribution >= 0.6 is 52.3 Å². The van der Waals surface area contributed by atoms with E-state index < -0.39 is 0 Å². The zero-order chi connectivity index (χ0) is 15.5. The third kappa shape index (κ3) is 4.93. The van der Waals surface area contributed by atoms with Crippen molar-refractivity contribution in [3.05, 3.63) is 27.2 Å². The van der Waals surface area contributed by atoms with Crippen molar-refractivity contribution in [1.29, 1.82) is 0 Å². The van der Waals surface area contributed by atoms with Crippen molar-refractivity contribution in [2.24, 2.45) is 5.92 Å². The Morgan fingerprint density at radius 3 is 2.38 bits per heavy atom. The number of rotatable bonds is 3. The molecule has 2 fully saturated rings. The summed E-state index contributed by atoms with van der Waals surface area (Å²) in [5, 5.41) is 14.7. The van der Waals surface area contributed by atoms with Crippen LogP contribution in [0.4, 0.5) is 0 Å². The minimum absolute atomic E-state index is 0. The van der Waals surface area contributed by atoms with Crippen LogP contribution < -0.4 is 5.32 Å². The van der Waals surface area contributed by atoms with Gasteiger partial charge in [-0.2, -0.15) is 0 Å². The highest BCUT2D eigenvalue weighted by molar-refractivity contribution is 9.10. The van der Waals surface area contributed by atoms with Gasteiger partial charge in [0, 0.05) is 42.8 Å². The average molecular weight is 461 g/mol. The molecule has 24 heavy (non-hydrogen) atoms. The van der Waals surface area contributed by atoms with Crippen molar-refractivity contribution in [3.8, 4) is 5.75 Å². The van der Waals surface area contributed by atoms with Crippen LogP contribution in [0.5, 0.6) is 5.75 Å². The fourth-order valence-electron chi connectivity index (χ4n) is 3.96. The Hall–Kier alpha value is 0.290. The number of hydrogen-bond acceptors (Lipinski definition) is 3. The standard InChI is InChI=1S/C17H24BrClN2O.2ClH/c18-13-6-7-14(19)15(17(13)22)16(12-4-2-1-3-5-12)21-10-8-20-9-11-21;;/h6-7,12,16,20,22H,1-5,8-11H2;2*1H/t16-;;/m1../s1. The van der Waals surface area contributed by atoms with E-state index in [0.717, 1.165) is 36.2 Å². The van der Waals surface area contributed by atoms with E-state index in [4.69, 9.17) is 11.6 Å². The molecule has 3 rings (SSSR count). The quantitative estimate of drug-likeness (QED) is 0.653. The Labute approximate surface area is 170 Å². The fraction of sp³-hybridized carbons (Fsp3) is 0.647. The Kier molecular flexibility index (Phi) is 9.72. The molecule has 1 aromatic rings. The summed E-state index contributed by atoms with van der Waals surface area (Å²) in [5.74, 6) is 0.908. The molecule has 0 radical (unpaired) electrons. The van der Waals surface area contributed by atoms with Gasteiger partial charge in [0.2, 0.25) is 0 Å². The maximum absolute atomic E-state index is 10.6. The second kappa shape index (κ2) is 10.4. The third-order valence-electron chi connectivity index (χ3n) is 5.05. The molecule has 138 valence electrons. The summed E-state index contributed by atoms with van der Waals surface area (Å²) in [6.07, 6.45) is 6.38. The molecule has 1 atom stereocenters. The molecule has 1 aliphatic heterocycles. The van der Waals surface area contributed by atoms with Crippen LogP contribution in [-0.4, -0.2) is 36.2 Å². The first-order valence-electron chi connectivity index (χ1n) is 8.30. The molecule has 1 saturated heterocycles. The van der Waals surface area contributed by atoms with Gasteiger partial charge < -0.3 is 10.4 Å². The zero-order valence-corrected chi connectivity index (χ0v) is 17.6. The maximum atomic E-state index is 10.6. The molecule has 3 nitrogen and oxygen atoms in total. The Morgan fingerprint density at radius 1 is 1.12 bits per heavy atom. The van der Waals surface area contributed by atoms with Gasteiger partial charge in [0.25, 0.3) is 0 Å². The van der Waals surface area contributed by atoms with E-state index in [1.807, 2.05) is 12.1 Å². The Balaban J connectivity index is 0.00000144. The van der Waals surface area contributed by atoms with Gasteiger partial charge in [-0.3, -0.25) is 4.90 Å². The molecule has 1 heterocycles. The van der Waals surface area contributed by atoms with Gasteiger partial charge in [-0.25, -0.2) is 0 Å². The van der Waals surface area contributed by atoms with Crippen LogP contribution in [0.15, 0.2) is 16.6 Å². The second-order valence-corrected chi connectivity index (χ2v) is 7.68. The number of halogens is 4. The van der Waals surface area contributed by atoms with Crippen molar-refractivity contribution in [2.45, 2.75) is 38.1 Å². The summed E-state index contributed by atoms with van der Waals surface area (Å²) in [7, 11) is 0. The van der Waals surface area contributed by atoms with Gasteiger partial charge >= 0.3 is 0 Å². The number of hydrogen-bond donors (Lipinski definition) is 2. The average Bonchev–Trinajstić information content (AvgIpc) is 2.57. The number of aromatic hydroxyl groups is 1. The van der Waals surface area contributed by atoms with Gasteiger partial charge in [0.15, 0.2) is 0 Å². The van der Waals surface area contributed by atoms with Crippen LogP contribution in [0, 0.1) is 5.92 Å². The Bertz CT molecular complexity index is 503. The minimum Gasteiger partial charge on any atom is -0.506 e. The van der Waals surface area contributed by atoms with Crippen LogP contribution in [-0.2, 0) is 0 Å². The first-order valence-corrected chi connectivity index (χ1v) is 9.47. The molecule has 0 bridgehead atoms. The summed E-state index contributed by atoms with van der Waals surface area (Å²) >= 11 is 9.97. The number of nitrogens with one attached hydrogen (secondary N) is 1. The molecule has 0 aromatic heterocycles. The molecule has 1 saturated carbocycles. The summed E-state index contributed by atoms with van der Waals surface area (Å²) < 4.78 is 0.739. The van der Waals surface area contributed by atoms with E-state index in [-0.39, 0.29) is 30.9 Å². The summed E-state index contributed by atoms with van der Waals surface area (Å²) in [5.41, 5.74) is 0.921. The van der Waals surface area contributed by atoms with Crippen molar-refractivity contribution >= 4 is 52.3 Å². The molecule has 7 heteroatoms. The van der Waals surface area contributed by atoms with E-state index in [1.54, 1.807) is 0 Å². The molecule has 1 aliphatic carbocycles. The van der Waals surface area contributed by atoms with Crippen LogP contribution in [0.3, 0.4) is 0 Å². The molecule has 2 aliphatic rings. The van der Waals surface area contributed by atoms with Crippen LogP contribution in [0.2, 0.25) is 5.02 Å². The largest absolute Gasteiger partial charge is 0.506 e. The number of benzene rings is 1. The van der Waals surface area contributed by atoms with Crippen molar-refractivity contribution < 1.29 is 5.11 Å². The number of nitrogens with zero attached hydrogens (tertiary/aromatic N) is 1. The van der Waals surface area contributed by atoms with Gasteiger partial charge in [-0.15, -0.1) is 24.8 Å². The lowest BCUT2D eigenvalue weighted by Gasteiger charge is -2.41. The first kappa shape index (κ1) is 22.3. The lowest BCUT2D eigenvalue weighted by Crippen LogP contribution is -2.47. The first-order chi connectivity index (χ1) is 10.7. The normalized spacial score (nSPS) is 20.8. The number of phenols is 1. The third-order valence-corrected chi connectivity index (χ3v) is 6.02. The molecule has 0 unspecified atom stereocenters. The van der Waals surface area contributed by atoms with Crippen LogP contribution in [0.1, 0.15) is 43.7 Å². The van der Waals surface area contributed by atoms with Gasteiger partial charge in [0.1, 0.15) is 5.75 Å². The van der Waals surface area contributed by atoms with Gasteiger partial charge in [-0.1, -0.05) is 30.9 Å². The number of phenolic OH excluding ortho intramolecular Hbond substituents is 1. The van der Waals surface area contributed by atoms with Crippen molar-refractivity contribution in [3.63, 3.8) is 0 Å². The Morgan fingerprint density at radius 2 is 1.75 bits per heavy atom. The van der Waals surface area contributed by atoms with E-state index in [1.165, 1.54) is 32.1 Å². The van der Waals surface area contributed by atoms with E-state index in [0.29, 0.717) is 16.7 Å². The molecular formula is C17H26BrCl3N2O. The number of piperazine rings is 1. The highest BCUT2D eigenvalue weighted by Crippen LogP contribution is 2.46. The summed E-state index contributed by atoms with van der Waals surface area (Å²) in [6.45, 7) is 4.05. The van der Waals surface area contributed by atoms with Crippen molar-refractivity contribution in [2.75, 3.05) is 26.2 Å². The topological polar surface area (TPSA) is 35.5 Å². The summed E-state index contributed by atoms with van der Waals surface area (Å²) in [6, 6.07) is 3.96. The molecule has 0 amide bonds. The molecule has 1 aromatic carbocycles. The highest BCUT2D eigenvalue weighted by atomic mass is 79.9. The monoisotopic (exact) mass is 458 g/mol. The molecule has 2 N–H and O–H groups in total. The predicted octanol–water partition coefficient (Wildman–Crippen LogP) is 5.18. The van der Waals surface area contributed by atoms with Gasteiger partial charge in [-0.05, 0) is 46.8 Å². The maximum Gasteiger partial charge on any atom is 0.136 e. The van der Waals surface area contributed by atoms with Gasteiger partial charge in [0.05, 0.1) is 4.47 Å². The fourth-order valence-corrected chi connectivity index (χ4v) is 4.57. The lowest BCUT2D eigenvalue weighted by atomic mass is 9.80. The van der Waals surface area contributed by atoms with Crippen LogP contribution in [0.25, 0.3) is 0 Å². The molecule has 0 spiro atoms. The zero-order valence-electron chi connectivity index (χ0n) is 13.6. The highest BCUT2D eigenvalue weighted by Gasteiger charge is 2.34. The predicted molar refractivity (Wildman–Crippen MR) is 109 cm³/mol. The smallest absolute Gasteiger partial charge is 0.136 e. The summed E-state index contributed by atoms with van der Waals surface area (Å²) in [4.78, 5) is 2.51. The van der Waals surface area contributed by atoms with Crippen molar-refractivity contribution in [1.82, 2.24) is 10.2 Å². The minimum atomic E-state index is 0. The van der Waals surface area contributed by atoms with E-state index in [2.05, 4.69) is 26.1 Å². The SMILES string of the molecule is Cl.Cl.Oc1c(Br)ccc(Cl)c1[C@@H](C1CCCCC1)N1CCNCC1. The second-order valence-electron chi connectivity index (χ2n) is 6.42. The lowest BCUT2D eigenvalue weighted by molar-refractivity contribution is 0.101. The van der Waals surface area contributed by atoms with E-state index >= 15 is 0 Å². The van der Waals surface area contributed by atoms with E-state index in [9.17, 15) is 5.11 Å². The molecular weight excluding hydrogens is 434 g/mol.